The van der Waals surface area contributed by atoms with Crippen LogP contribution < -0.4 is 5.32 Å². The van der Waals surface area contributed by atoms with Gasteiger partial charge in [-0.2, -0.15) is 0 Å². The van der Waals surface area contributed by atoms with Gasteiger partial charge < -0.3 is 9.51 Å². The summed E-state index contributed by atoms with van der Waals surface area (Å²) in [5.41, 5.74) is 4.72. The molecule has 0 fully saturated rings. The number of rotatable bonds is 6. The van der Waals surface area contributed by atoms with E-state index in [1.54, 1.807) is 13.0 Å². The molecular formula is C23H20N6O2S. The monoisotopic (exact) mass is 444 g/mol. The van der Waals surface area contributed by atoms with Gasteiger partial charge in [0.1, 0.15) is 0 Å². The van der Waals surface area contributed by atoms with Crippen molar-refractivity contribution in [1.82, 2.24) is 24.9 Å². The minimum Gasteiger partial charge on any atom is -0.360 e. The van der Waals surface area contributed by atoms with Gasteiger partial charge in [-0.15, -0.1) is 10.2 Å². The molecule has 2 aromatic carbocycles. The van der Waals surface area contributed by atoms with E-state index in [2.05, 4.69) is 31.7 Å². The molecule has 1 amide bonds. The third kappa shape index (κ3) is 3.78. The predicted molar refractivity (Wildman–Crippen MR) is 124 cm³/mol. The van der Waals surface area contributed by atoms with Gasteiger partial charge in [0.15, 0.2) is 11.0 Å². The number of amides is 1. The molecule has 5 rings (SSSR count). The normalized spacial score (nSPS) is 11.2. The number of hydrogen-bond donors (Lipinski definition) is 2. The fourth-order valence-electron chi connectivity index (χ4n) is 3.55. The number of carbonyl (C=O) groups excluding carboxylic acids is 1. The number of aromatic nitrogens is 5. The third-order valence-electron chi connectivity index (χ3n) is 5.04. The molecule has 0 unspecified atom stereocenters. The van der Waals surface area contributed by atoms with E-state index in [0.29, 0.717) is 22.6 Å². The zero-order valence-corrected chi connectivity index (χ0v) is 18.3. The largest absolute Gasteiger partial charge is 0.360 e. The molecule has 160 valence electrons. The Kier molecular flexibility index (Phi) is 5.24. The molecule has 0 radical (unpaired) electrons. The number of thioether (sulfide) groups is 1. The second-order valence-electron chi connectivity index (χ2n) is 7.35. The van der Waals surface area contributed by atoms with Crippen LogP contribution in [0.15, 0.2) is 70.5 Å². The van der Waals surface area contributed by atoms with E-state index in [1.807, 2.05) is 60.2 Å². The highest BCUT2D eigenvalue weighted by Crippen LogP contribution is 2.33. The zero-order chi connectivity index (χ0) is 22.1. The molecule has 0 saturated carbocycles. The van der Waals surface area contributed by atoms with E-state index >= 15 is 0 Å². The Morgan fingerprint density at radius 3 is 2.75 bits per heavy atom. The lowest BCUT2D eigenvalue weighted by atomic mass is 10.1. The summed E-state index contributed by atoms with van der Waals surface area (Å²) in [4.78, 5) is 15.7. The van der Waals surface area contributed by atoms with Crippen molar-refractivity contribution in [1.29, 1.82) is 0 Å². The lowest BCUT2D eigenvalue weighted by molar-refractivity contribution is -0.113. The Hall–Kier alpha value is -3.85. The maximum absolute atomic E-state index is 12.4. The van der Waals surface area contributed by atoms with E-state index < -0.39 is 0 Å². The number of H-pyrrole nitrogens is 1. The molecule has 3 aromatic heterocycles. The van der Waals surface area contributed by atoms with Crippen LogP contribution >= 0.6 is 11.8 Å². The van der Waals surface area contributed by atoms with Gasteiger partial charge in [-0.3, -0.25) is 14.7 Å². The molecule has 0 atom stereocenters. The molecule has 32 heavy (non-hydrogen) atoms. The minimum atomic E-state index is -0.209. The summed E-state index contributed by atoms with van der Waals surface area (Å²) in [5.74, 6) is 0.982. The molecule has 0 aliphatic heterocycles. The van der Waals surface area contributed by atoms with Crippen LogP contribution in [-0.2, 0) is 4.79 Å². The topological polar surface area (TPSA) is 102 Å². The lowest BCUT2D eigenvalue weighted by Gasteiger charge is -2.12. The van der Waals surface area contributed by atoms with Gasteiger partial charge in [0.25, 0.3) is 0 Å². The van der Waals surface area contributed by atoms with Crippen molar-refractivity contribution in [2.24, 2.45) is 0 Å². The van der Waals surface area contributed by atoms with Crippen molar-refractivity contribution in [3.8, 4) is 17.1 Å². The van der Waals surface area contributed by atoms with Crippen LogP contribution in [0.1, 0.15) is 11.3 Å². The number of hydrogen-bond acceptors (Lipinski definition) is 6. The summed E-state index contributed by atoms with van der Waals surface area (Å²) in [5, 5.41) is 17.1. The summed E-state index contributed by atoms with van der Waals surface area (Å²) < 4.78 is 7.06. The van der Waals surface area contributed by atoms with Crippen molar-refractivity contribution >= 4 is 34.5 Å². The average Bonchev–Trinajstić information content (AvgIpc) is 3.50. The molecule has 0 spiro atoms. The molecule has 0 aliphatic rings. The van der Waals surface area contributed by atoms with Gasteiger partial charge in [-0.25, -0.2) is 0 Å². The Bertz CT molecular complexity index is 1420. The van der Waals surface area contributed by atoms with Crippen molar-refractivity contribution < 1.29 is 9.32 Å². The average molecular weight is 445 g/mol. The predicted octanol–water partition coefficient (Wildman–Crippen LogP) is 4.75. The molecule has 9 heteroatoms. The van der Waals surface area contributed by atoms with Crippen LogP contribution in [-0.4, -0.2) is 36.6 Å². The highest BCUT2D eigenvalue weighted by atomic mass is 32.2. The van der Waals surface area contributed by atoms with Gasteiger partial charge >= 0.3 is 0 Å². The van der Waals surface area contributed by atoms with E-state index in [0.717, 1.165) is 27.7 Å². The fourth-order valence-corrected chi connectivity index (χ4v) is 4.30. The van der Waals surface area contributed by atoms with Gasteiger partial charge in [0, 0.05) is 28.7 Å². The molecule has 3 heterocycles. The molecule has 8 nitrogen and oxygen atoms in total. The molecule has 0 saturated heterocycles. The fraction of sp³-hybridized carbons (Fsp3) is 0.130. The van der Waals surface area contributed by atoms with E-state index in [1.165, 1.54) is 11.8 Å². The number of benzene rings is 2. The number of fused-ring (bicyclic) bond motifs is 1. The first kappa shape index (κ1) is 20.1. The van der Waals surface area contributed by atoms with Crippen molar-refractivity contribution in [3.05, 3.63) is 72.1 Å². The molecule has 0 aliphatic carbocycles. The number of para-hydroxylation sites is 2. The van der Waals surface area contributed by atoms with Gasteiger partial charge in [0.2, 0.25) is 11.8 Å². The first-order chi connectivity index (χ1) is 15.6. The highest BCUT2D eigenvalue weighted by Gasteiger charge is 2.20. The second-order valence-corrected chi connectivity index (χ2v) is 8.29. The maximum atomic E-state index is 12.4. The first-order valence-corrected chi connectivity index (χ1v) is 11.0. The number of aryl methyl sites for hydroxylation is 2. The summed E-state index contributed by atoms with van der Waals surface area (Å²) in [6.45, 7) is 3.84. The molecule has 2 N–H and O–H groups in total. The van der Waals surface area contributed by atoms with Crippen molar-refractivity contribution in [2.45, 2.75) is 19.0 Å². The van der Waals surface area contributed by atoms with E-state index in [9.17, 15) is 4.79 Å². The Balaban J connectivity index is 1.50. The summed E-state index contributed by atoms with van der Waals surface area (Å²) in [6.07, 6.45) is 1.94. The van der Waals surface area contributed by atoms with Crippen LogP contribution in [0.2, 0.25) is 0 Å². The van der Waals surface area contributed by atoms with Gasteiger partial charge in [-0.05, 0) is 31.5 Å². The van der Waals surface area contributed by atoms with E-state index in [-0.39, 0.29) is 11.7 Å². The minimum absolute atomic E-state index is 0.150. The SMILES string of the molecule is Cc1cc(NC(=O)CSc2nnc(-c3c[nH]c4ccccc34)n2-c2ccccc2C)on1. The standard InChI is InChI=1S/C23H20N6O2S/c1-14-7-3-6-10-19(14)29-22(17-12-24-18-9-5-4-8-16(17)18)26-27-23(29)32-13-20(30)25-21-11-15(2)28-31-21/h3-12,24H,13H2,1-2H3,(H,25,30). The Labute approximate surface area is 188 Å². The van der Waals surface area contributed by atoms with Gasteiger partial charge in [0.05, 0.1) is 17.1 Å². The maximum Gasteiger partial charge on any atom is 0.237 e. The third-order valence-corrected chi connectivity index (χ3v) is 5.97. The number of carbonyl (C=O) groups is 1. The van der Waals surface area contributed by atoms with E-state index in [4.69, 9.17) is 4.52 Å². The van der Waals surface area contributed by atoms with Crippen LogP contribution in [0.25, 0.3) is 28.0 Å². The van der Waals surface area contributed by atoms with Crippen LogP contribution in [0.3, 0.4) is 0 Å². The van der Waals surface area contributed by atoms with Crippen LogP contribution in [0, 0.1) is 13.8 Å². The Morgan fingerprint density at radius 2 is 1.94 bits per heavy atom. The van der Waals surface area contributed by atoms with Crippen LogP contribution in [0.4, 0.5) is 5.88 Å². The summed E-state index contributed by atoms with van der Waals surface area (Å²) in [7, 11) is 0. The van der Waals surface area contributed by atoms with Crippen LogP contribution in [0.5, 0.6) is 0 Å². The van der Waals surface area contributed by atoms with Crippen molar-refractivity contribution in [3.63, 3.8) is 0 Å². The van der Waals surface area contributed by atoms with Gasteiger partial charge in [-0.1, -0.05) is 53.3 Å². The zero-order valence-electron chi connectivity index (χ0n) is 17.5. The number of nitrogens with zero attached hydrogens (tertiary/aromatic N) is 4. The molecular weight excluding hydrogens is 424 g/mol. The molecule has 0 bridgehead atoms. The Morgan fingerprint density at radius 1 is 1.12 bits per heavy atom. The number of anilines is 1. The lowest BCUT2D eigenvalue weighted by Crippen LogP contribution is -2.14. The summed E-state index contributed by atoms with van der Waals surface area (Å²) >= 11 is 1.31. The summed E-state index contributed by atoms with van der Waals surface area (Å²) in [6, 6.07) is 17.8. The first-order valence-electron chi connectivity index (χ1n) is 10.0. The smallest absolute Gasteiger partial charge is 0.237 e. The second kappa shape index (κ2) is 8.35. The number of nitrogens with one attached hydrogen (secondary N) is 2. The van der Waals surface area contributed by atoms with Crippen molar-refractivity contribution in [2.75, 3.05) is 11.1 Å². The quantitative estimate of drug-likeness (QED) is 0.367. The highest BCUT2D eigenvalue weighted by molar-refractivity contribution is 7.99. The molecule has 5 aromatic rings. The number of aromatic amines is 1.